The molecular formula is C15H27N3O. The number of aromatic nitrogens is 2. The van der Waals surface area contributed by atoms with Crippen molar-refractivity contribution in [1.29, 1.82) is 0 Å². The van der Waals surface area contributed by atoms with Crippen LogP contribution < -0.4 is 5.32 Å². The molecule has 0 bridgehead atoms. The summed E-state index contributed by atoms with van der Waals surface area (Å²) in [5, 5.41) is 10.1. The first-order chi connectivity index (χ1) is 8.63. The van der Waals surface area contributed by atoms with Crippen LogP contribution in [0.15, 0.2) is 6.07 Å². The van der Waals surface area contributed by atoms with E-state index in [9.17, 15) is 4.79 Å². The van der Waals surface area contributed by atoms with Crippen LogP contribution in [0.3, 0.4) is 0 Å². The minimum absolute atomic E-state index is 0.104. The van der Waals surface area contributed by atoms with Gasteiger partial charge in [0.05, 0.1) is 0 Å². The molecule has 1 rings (SSSR count). The molecular weight excluding hydrogens is 238 g/mol. The Balaban J connectivity index is 2.67. The minimum Gasteiger partial charge on any atom is -0.346 e. The van der Waals surface area contributed by atoms with Crippen LogP contribution in [0.4, 0.5) is 0 Å². The fourth-order valence-corrected chi connectivity index (χ4v) is 2.62. The zero-order chi connectivity index (χ0) is 14.7. The molecule has 0 aromatic carbocycles. The van der Waals surface area contributed by atoms with Crippen LogP contribution in [0.2, 0.25) is 0 Å². The Morgan fingerprint density at radius 2 is 1.95 bits per heavy atom. The maximum Gasteiger partial charge on any atom is 0.272 e. The highest BCUT2D eigenvalue weighted by Gasteiger charge is 2.27. The molecule has 19 heavy (non-hydrogen) atoms. The molecule has 0 spiro atoms. The molecule has 1 heterocycles. The normalized spacial score (nSPS) is 12.5. The van der Waals surface area contributed by atoms with E-state index in [1.165, 1.54) is 0 Å². The van der Waals surface area contributed by atoms with E-state index in [-0.39, 0.29) is 16.9 Å². The van der Waals surface area contributed by atoms with Crippen molar-refractivity contribution in [2.45, 2.75) is 66.3 Å². The molecule has 0 saturated carbocycles. The van der Waals surface area contributed by atoms with Gasteiger partial charge in [-0.2, -0.15) is 5.10 Å². The van der Waals surface area contributed by atoms with Crippen LogP contribution in [0.1, 0.15) is 70.6 Å². The summed E-state index contributed by atoms with van der Waals surface area (Å²) in [4.78, 5) is 12.2. The van der Waals surface area contributed by atoms with E-state index in [2.05, 4.69) is 57.1 Å². The fourth-order valence-electron chi connectivity index (χ4n) is 2.62. The second-order valence-electron chi connectivity index (χ2n) is 7.10. The summed E-state index contributed by atoms with van der Waals surface area (Å²) in [5.41, 5.74) is 1.43. The molecule has 1 aromatic heterocycles. The van der Waals surface area contributed by atoms with E-state index in [1.807, 2.05) is 6.07 Å². The van der Waals surface area contributed by atoms with Crippen molar-refractivity contribution in [1.82, 2.24) is 15.5 Å². The van der Waals surface area contributed by atoms with E-state index in [1.54, 1.807) is 0 Å². The Bertz CT molecular complexity index is 427. The van der Waals surface area contributed by atoms with Crippen molar-refractivity contribution in [2.75, 3.05) is 0 Å². The highest BCUT2D eigenvalue weighted by molar-refractivity contribution is 5.92. The summed E-state index contributed by atoms with van der Waals surface area (Å²) in [6.07, 6.45) is 2.88. The highest BCUT2D eigenvalue weighted by Crippen LogP contribution is 2.26. The van der Waals surface area contributed by atoms with Crippen molar-refractivity contribution in [3.05, 3.63) is 17.5 Å². The zero-order valence-electron chi connectivity index (χ0n) is 13.1. The molecule has 4 heteroatoms. The lowest BCUT2D eigenvalue weighted by Crippen LogP contribution is -2.45. The zero-order valence-corrected chi connectivity index (χ0v) is 13.1. The number of aryl methyl sites for hydroxylation is 1. The summed E-state index contributed by atoms with van der Waals surface area (Å²) in [7, 11) is 0. The third-order valence-corrected chi connectivity index (χ3v) is 2.81. The van der Waals surface area contributed by atoms with Crippen molar-refractivity contribution < 1.29 is 4.79 Å². The van der Waals surface area contributed by atoms with E-state index in [0.717, 1.165) is 25.0 Å². The summed E-state index contributed by atoms with van der Waals surface area (Å²) >= 11 is 0. The van der Waals surface area contributed by atoms with E-state index in [4.69, 9.17) is 0 Å². The number of nitrogens with one attached hydrogen (secondary N) is 2. The first-order valence-electron chi connectivity index (χ1n) is 7.00. The molecule has 1 amide bonds. The van der Waals surface area contributed by atoms with Crippen LogP contribution in [0.5, 0.6) is 0 Å². The van der Waals surface area contributed by atoms with Gasteiger partial charge in [0.15, 0.2) is 0 Å². The quantitative estimate of drug-likeness (QED) is 0.858. The monoisotopic (exact) mass is 265 g/mol. The molecule has 2 N–H and O–H groups in total. The van der Waals surface area contributed by atoms with Gasteiger partial charge in [-0.25, -0.2) is 0 Å². The molecule has 108 valence electrons. The number of hydrogen-bond donors (Lipinski definition) is 2. The molecule has 4 nitrogen and oxygen atoms in total. The molecule has 0 aliphatic carbocycles. The standard InChI is InChI=1S/C15H27N3O/c1-7-8-11-9-12(18-17-11)13(19)16-15(5,6)10-14(2,3)4/h9H,7-8,10H2,1-6H3,(H,16,19)(H,17,18). The Labute approximate surface area is 116 Å². The first-order valence-corrected chi connectivity index (χ1v) is 7.00. The van der Waals surface area contributed by atoms with Gasteiger partial charge in [0.1, 0.15) is 5.69 Å². The van der Waals surface area contributed by atoms with Crippen LogP contribution in [-0.4, -0.2) is 21.6 Å². The topological polar surface area (TPSA) is 57.8 Å². The number of H-pyrrole nitrogens is 1. The smallest absolute Gasteiger partial charge is 0.272 e. The van der Waals surface area contributed by atoms with Crippen molar-refractivity contribution >= 4 is 5.91 Å². The molecule has 0 radical (unpaired) electrons. The number of nitrogens with zero attached hydrogens (tertiary/aromatic N) is 1. The van der Waals surface area contributed by atoms with E-state index in [0.29, 0.717) is 5.69 Å². The van der Waals surface area contributed by atoms with Gasteiger partial charge in [-0.15, -0.1) is 0 Å². The maximum atomic E-state index is 12.2. The number of amides is 1. The summed E-state index contributed by atoms with van der Waals surface area (Å²) in [6.45, 7) is 12.7. The van der Waals surface area contributed by atoms with Gasteiger partial charge in [-0.3, -0.25) is 9.89 Å². The fraction of sp³-hybridized carbons (Fsp3) is 0.733. The van der Waals surface area contributed by atoms with Gasteiger partial charge < -0.3 is 5.32 Å². The van der Waals surface area contributed by atoms with Gasteiger partial charge in [0.2, 0.25) is 0 Å². The minimum atomic E-state index is -0.237. The van der Waals surface area contributed by atoms with E-state index >= 15 is 0 Å². The Hall–Kier alpha value is -1.32. The van der Waals surface area contributed by atoms with Gasteiger partial charge in [-0.1, -0.05) is 34.1 Å². The molecule has 0 saturated heterocycles. The third kappa shape index (κ3) is 5.45. The van der Waals surface area contributed by atoms with Crippen molar-refractivity contribution in [3.8, 4) is 0 Å². The lowest BCUT2D eigenvalue weighted by molar-refractivity contribution is 0.0886. The second-order valence-corrected chi connectivity index (χ2v) is 7.10. The molecule has 1 aromatic rings. The molecule has 0 fully saturated rings. The van der Waals surface area contributed by atoms with Crippen molar-refractivity contribution in [2.24, 2.45) is 5.41 Å². The van der Waals surface area contributed by atoms with Gasteiger partial charge in [0, 0.05) is 11.2 Å². The molecule has 0 atom stereocenters. The highest BCUT2D eigenvalue weighted by atomic mass is 16.2. The number of carbonyl (C=O) groups excluding carboxylic acids is 1. The van der Waals surface area contributed by atoms with Crippen LogP contribution in [0, 0.1) is 5.41 Å². The van der Waals surface area contributed by atoms with Crippen molar-refractivity contribution in [3.63, 3.8) is 0 Å². The lowest BCUT2D eigenvalue weighted by atomic mass is 9.82. The molecule has 0 unspecified atom stereocenters. The summed E-state index contributed by atoms with van der Waals surface area (Å²) in [6, 6.07) is 1.84. The second kappa shape index (κ2) is 5.76. The summed E-state index contributed by atoms with van der Waals surface area (Å²) < 4.78 is 0. The van der Waals surface area contributed by atoms with Crippen LogP contribution >= 0.6 is 0 Å². The SMILES string of the molecule is CCCc1cc(C(=O)NC(C)(C)CC(C)(C)C)n[nH]1. The first kappa shape index (κ1) is 15.7. The Morgan fingerprint density at radius 1 is 1.32 bits per heavy atom. The van der Waals surface area contributed by atoms with Gasteiger partial charge in [-0.05, 0) is 38.2 Å². The number of rotatable bonds is 5. The maximum absolute atomic E-state index is 12.2. The third-order valence-electron chi connectivity index (χ3n) is 2.81. The average Bonchev–Trinajstić information content (AvgIpc) is 2.61. The summed E-state index contributed by atoms with van der Waals surface area (Å²) in [5.74, 6) is -0.104. The van der Waals surface area contributed by atoms with Gasteiger partial charge in [0.25, 0.3) is 5.91 Å². The van der Waals surface area contributed by atoms with Gasteiger partial charge >= 0.3 is 0 Å². The van der Waals surface area contributed by atoms with Crippen LogP contribution in [-0.2, 0) is 6.42 Å². The number of carbonyl (C=O) groups is 1. The Morgan fingerprint density at radius 3 is 2.47 bits per heavy atom. The number of hydrogen-bond acceptors (Lipinski definition) is 2. The van der Waals surface area contributed by atoms with Crippen LogP contribution in [0.25, 0.3) is 0 Å². The Kier molecular flexibility index (Phi) is 4.77. The predicted molar refractivity (Wildman–Crippen MR) is 78.2 cm³/mol. The largest absolute Gasteiger partial charge is 0.346 e. The predicted octanol–water partition coefficient (Wildman–Crippen LogP) is 3.31. The average molecular weight is 265 g/mol. The number of aromatic amines is 1. The van der Waals surface area contributed by atoms with E-state index < -0.39 is 0 Å². The molecule has 0 aliphatic heterocycles. The molecule has 0 aliphatic rings. The lowest BCUT2D eigenvalue weighted by Gasteiger charge is -2.33.